The third-order valence-corrected chi connectivity index (χ3v) is 1.71. The molecule has 1 aromatic carbocycles. The van der Waals surface area contributed by atoms with Gasteiger partial charge in [-0.2, -0.15) is 0 Å². The van der Waals surface area contributed by atoms with Crippen molar-refractivity contribution in [2.75, 3.05) is 13.2 Å². The molecule has 14 heavy (non-hydrogen) atoms. The molecule has 1 aromatic rings. The predicted octanol–water partition coefficient (Wildman–Crippen LogP) is 3.09. The van der Waals surface area contributed by atoms with E-state index in [9.17, 15) is 0 Å². The van der Waals surface area contributed by atoms with E-state index < -0.39 is 0 Å². The molecule has 0 unspecified atom stereocenters. The van der Waals surface area contributed by atoms with Gasteiger partial charge in [0.15, 0.2) is 0 Å². The normalized spacial score (nSPS) is 10.4. The van der Waals surface area contributed by atoms with Crippen molar-refractivity contribution in [1.29, 1.82) is 0 Å². The fourth-order valence-electron chi connectivity index (χ4n) is 1.06. The molecule has 2 heteroatoms. The zero-order chi connectivity index (χ0) is 10.2. The van der Waals surface area contributed by atoms with E-state index in [-0.39, 0.29) is 0 Å². The highest BCUT2D eigenvalue weighted by Gasteiger charge is 1.90. The van der Waals surface area contributed by atoms with Gasteiger partial charge in [0.05, 0.1) is 19.5 Å². The molecule has 0 radical (unpaired) electrons. The maximum Gasteiger partial charge on any atom is 0.119 e. The molecule has 0 spiro atoms. The van der Waals surface area contributed by atoms with Crippen LogP contribution in [0, 0.1) is 0 Å². The van der Waals surface area contributed by atoms with Crippen LogP contribution in [0.2, 0.25) is 0 Å². The summed E-state index contributed by atoms with van der Waals surface area (Å²) in [7, 11) is 0. The molecule has 0 aliphatic carbocycles. The highest BCUT2D eigenvalue weighted by Crippen LogP contribution is 2.12. The van der Waals surface area contributed by atoms with E-state index in [1.807, 2.05) is 44.2 Å². The van der Waals surface area contributed by atoms with Crippen LogP contribution in [0.15, 0.2) is 30.5 Å². The van der Waals surface area contributed by atoms with Crippen LogP contribution in [-0.4, -0.2) is 13.2 Å². The number of hydrogen-bond acceptors (Lipinski definition) is 2. The maximum atomic E-state index is 5.33. The van der Waals surface area contributed by atoms with E-state index in [2.05, 4.69) is 0 Å². The second-order valence-electron chi connectivity index (χ2n) is 2.76. The molecule has 0 aliphatic rings. The molecule has 0 heterocycles. The van der Waals surface area contributed by atoms with Crippen LogP contribution in [0.3, 0.4) is 0 Å². The van der Waals surface area contributed by atoms with E-state index in [4.69, 9.17) is 9.47 Å². The van der Waals surface area contributed by atoms with Gasteiger partial charge < -0.3 is 9.47 Å². The number of rotatable bonds is 5. The Bertz CT molecular complexity index is 275. The Morgan fingerprint density at radius 1 is 1.07 bits per heavy atom. The Hall–Kier alpha value is -1.44. The molecule has 0 aliphatic heterocycles. The largest absolute Gasteiger partial charge is 0.501 e. The molecule has 2 nitrogen and oxygen atoms in total. The van der Waals surface area contributed by atoms with Gasteiger partial charge in [0.2, 0.25) is 0 Å². The topological polar surface area (TPSA) is 18.5 Å². The standard InChI is InChI=1S/C12H16O2/c1-3-13-10-9-11-5-7-12(8-6-11)14-4-2/h5-10H,3-4H2,1-2H3. The van der Waals surface area contributed by atoms with Gasteiger partial charge in [-0.05, 0) is 37.6 Å². The minimum atomic E-state index is 0.702. The molecule has 0 bridgehead atoms. The predicted molar refractivity (Wildman–Crippen MR) is 58.3 cm³/mol. The lowest BCUT2D eigenvalue weighted by atomic mass is 10.2. The summed E-state index contributed by atoms with van der Waals surface area (Å²) in [6.45, 7) is 5.34. The summed E-state index contributed by atoms with van der Waals surface area (Å²) in [5.74, 6) is 0.904. The van der Waals surface area contributed by atoms with E-state index in [1.165, 1.54) is 0 Å². The first-order valence-electron chi connectivity index (χ1n) is 4.87. The zero-order valence-electron chi connectivity index (χ0n) is 8.69. The second kappa shape index (κ2) is 6.08. The molecule has 0 saturated carbocycles. The molecule has 0 saturated heterocycles. The second-order valence-corrected chi connectivity index (χ2v) is 2.76. The smallest absolute Gasteiger partial charge is 0.119 e. The summed E-state index contributed by atoms with van der Waals surface area (Å²) in [4.78, 5) is 0. The molecular formula is C12H16O2. The van der Waals surface area contributed by atoms with E-state index in [1.54, 1.807) is 6.26 Å². The van der Waals surface area contributed by atoms with Gasteiger partial charge in [-0.15, -0.1) is 0 Å². The average molecular weight is 192 g/mol. The average Bonchev–Trinajstić information content (AvgIpc) is 2.21. The van der Waals surface area contributed by atoms with Gasteiger partial charge in [0.1, 0.15) is 5.75 Å². The van der Waals surface area contributed by atoms with E-state index in [0.29, 0.717) is 13.2 Å². The quantitative estimate of drug-likeness (QED) is 0.667. The Morgan fingerprint density at radius 3 is 2.36 bits per heavy atom. The van der Waals surface area contributed by atoms with Gasteiger partial charge in [0.25, 0.3) is 0 Å². The fourth-order valence-corrected chi connectivity index (χ4v) is 1.06. The van der Waals surface area contributed by atoms with Crippen molar-refractivity contribution in [2.24, 2.45) is 0 Å². The molecule has 0 amide bonds. The highest BCUT2D eigenvalue weighted by molar-refractivity contribution is 5.49. The summed E-state index contributed by atoms with van der Waals surface area (Å²) in [5, 5.41) is 0. The van der Waals surface area contributed by atoms with Gasteiger partial charge >= 0.3 is 0 Å². The van der Waals surface area contributed by atoms with Crippen molar-refractivity contribution in [3.05, 3.63) is 36.1 Å². The summed E-state index contributed by atoms with van der Waals surface area (Å²) in [5.41, 5.74) is 1.11. The molecular weight excluding hydrogens is 176 g/mol. The lowest BCUT2D eigenvalue weighted by Gasteiger charge is -2.02. The minimum Gasteiger partial charge on any atom is -0.501 e. The van der Waals surface area contributed by atoms with Crippen LogP contribution in [-0.2, 0) is 4.74 Å². The number of ether oxygens (including phenoxy) is 2. The van der Waals surface area contributed by atoms with Crippen molar-refractivity contribution in [3.63, 3.8) is 0 Å². The summed E-state index contributed by atoms with van der Waals surface area (Å²) in [6.07, 6.45) is 3.63. The van der Waals surface area contributed by atoms with Gasteiger partial charge in [-0.1, -0.05) is 12.1 Å². The maximum absolute atomic E-state index is 5.33. The molecule has 0 N–H and O–H groups in total. The van der Waals surface area contributed by atoms with Crippen molar-refractivity contribution in [1.82, 2.24) is 0 Å². The van der Waals surface area contributed by atoms with Crippen LogP contribution in [0.25, 0.3) is 6.08 Å². The third-order valence-electron chi connectivity index (χ3n) is 1.71. The lowest BCUT2D eigenvalue weighted by Crippen LogP contribution is -1.90. The van der Waals surface area contributed by atoms with Crippen molar-refractivity contribution < 1.29 is 9.47 Å². The van der Waals surface area contributed by atoms with Crippen LogP contribution in [0.4, 0.5) is 0 Å². The highest BCUT2D eigenvalue weighted by atomic mass is 16.5. The number of hydrogen-bond donors (Lipinski definition) is 0. The zero-order valence-corrected chi connectivity index (χ0v) is 8.69. The van der Waals surface area contributed by atoms with Crippen LogP contribution >= 0.6 is 0 Å². The lowest BCUT2D eigenvalue weighted by molar-refractivity contribution is 0.272. The van der Waals surface area contributed by atoms with E-state index >= 15 is 0 Å². The van der Waals surface area contributed by atoms with Crippen molar-refractivity contribution in [2.45, 2.75) is 13.8 Å². The fraction of sp³-hybridized carbons (Fsp3) is 0.333. The minimum absolute atomic E-state index is 0.702. The molecule has 0 aromatic heterocycles. The Morgan fingerprint density at radius 2 is 1.79 bits per heavy atom. The summed E-state index contributed by atoms with van der Waals surface area (Å²) < 4.78 is 10.4. The monoisotopic (exact) mass is 192 g/mol. The first-order chi connectivity index (χ1) is 6.86. The van der Waals surface area contributed by atoms with Crippen LogP contribution in [0.1, 0.15) is 19.4 Å². The van der Waals surface area contributed by atoms with Crippen LogP contribution < -0.4 is 4.74 Å². The van der Waals surface area contributed by atoms with Crippen molar-refractivity contribution in [3.8, 4) is 5.75 Å². The molecule has 0 atom stereocenters. The van der Waals surface area contributed by atoms with Gasteiger partial charge in [0, 0.05) is 0 Å². The Balaban J connectivity index is 2.54. The number of benzene rings is 1. The van der Waals surface area contributed by atoms with Crippen molar-refractivity contribution >= 4 is 6.08 Å². The SMILES string of the molecule is CCOC=Cc1ccc(OCC)cc1. The third kappa shape index (κ3) is 3.52. The Kier molecular flexibility index (Phi) is 4.62. The Labute approximate surface area is 85.2 Å². The molecule has 76 valence electrons. The van der Waals surface area contributed by atoms with Gasteiger partial charge in [-0.3, -0.25) is 0 Å². The molecule has 1 rings (SSSR count). The summed E-state index contributed by atoms with van der Waals surface area (Å²) in [6, 6.07) is 7.91. The van der Waals surface area contributed by atoms with Crippen LogP contribution in [0.5, 0.6) is 5.75 Å². The van der Waals surface area contributed by atoms with Gasteiger partial charge in [-0.25, -0.2) is 0 Å². The first kappa shape index (κ1) is 10.6. The summed E-state index contributed by atoms with van der Waals surface area (Å²) >= 11 is 0. The first-order valence-corrected chi connectivity index (χ1v) is 4.87. The molecule has 0 fully saturated rings. The van der Waals surface area contributed by atoms with E-state index in [0.717, 1.165) is 11.3 Å².